The molecule has 1 amide bonds. The van der Waals surface area contributed by atoms with E-state index in [0.717, 1.165) is 16.0 Å². The molecule has 0 unspecified atom stereocenters. The second-order valence-electron chi connectivity index (χ2n) is 5.62. The zero-order valence-electron chi connectivity index (χ0n) is 14.9. The van der Waals surface area contributed by atoms with Crippen LogP contribution in [0.15, 0.2) is 47.5 Å². The number of amides is 1. The van der Waals surface area contributed by atoms with E-state index in [-0.39, 0.29) is 10.8 Å². The number of rotatable bonds is 5. The van der Waals surface area contributed by atoms with E-state index >= 15 is 0 Å². The van der Waals surface area contributed by atoms with E-state index in [1.807, 2.05) is 43.3 Å². The molecule has 0 atom stereocenters. The fourth-order valence-electron chi connectivity index (χ4n) is 2.37. The molecule has 1 aromatic carbocycles. The number of pyridine rings is 1. The van der Waals surface area contributed by atoms with Crippen molar-refractivity contribution in [3.05, 3.63) is 53.3 Å². The first-order chi connectivity index (χ1) is 13.3. The summed E-state index contributed by atoms with van der Waals surface area (Å²) in [5.41, 5.74) is 1.98. The lowest BCUT2D eigenvalue weighted by atomic mass is 10.1. The van der Waals surface area contributed by atoms with Gasteiger partial charge in [0.2, 0.25) is 10.1 Å². The van der Waals surface area contributed by atoms with Crippen molar-refractivity contribution < 1.29 is 18.0 Å². The Hall–Kier alpha value is -2.46. The van der Waals surface area contributed by atoms with Crippen molar-refractivity contribution in [2.45, 2.75) is 18.0 Å². The summed E-state index contributed by atoms with van der Waals surface area (Å²) < 4.78 is 38.2. The molecule has 0 aliphatic carbocycles. The Bertz CT molecular complexity index is 976. The fraction of sp³-hybridized carbons (Fsp3) is 0.222. The Morgan fingerprint density at radius 1 is 1.18 bits per heavy atom. The third kappa shape index (κ3) is 4.33. The van der Waals surface area contributed by atoms with Crippen molar-refractivity contribution >= 4 is 34.1 Å². The Balaban J connectivity index is 1.93. The van der Waals surface area contributed by atoms with Crippen LogP contribution >= 0.6 is 23.1 Å². The summed E-state index contributed by atoms with van der Waals surface area (Å²) in [6, 6.07) is 11.4. The van der Waals surface area contributed by atoms with Gasteiger partial charge < -0.3 is 0 Å². The summed E-state index contributed by atoms with van der Waals surface area (Å²) in [4.78, 5) is 18.8. The number of thioether (sulfide) groups is 1. The van der Waals surface area contributed by atoms with Crippen molar-refractivity contribution in [2.75, 3.05) is 17.7 Å². The van der Waals surface area contributed by atoms with Crippen LogP contribution in [0, 0.1) is 0 Å². The molecule has 0 saturated carbocycles. The highest BCUT2D eigenvalue weighted by atomic mass is 32.2. The van der Waals surface area contributed by atoms with Crippen LogP contribution in [0.3, 0.4) is 0 Å². The molecule has 2 aromatic heterocycles. The van der Waals surface area contributed by atoms with Crippen LogP contribution in [0.5, 0.6) is 0 Å². The van der Waals surface area contributed by atoms with E-state index in [1.165, 1.54) is 18.8 Å². The van der Waals surface area contributed by atoms with E-state index < -0.39 is 17.1 Å². The predicted octanol–water partition coefficient (Wildman–Crippen LogP) is 5.01. The maximum absolute atomic E-state index is 12.9. The second kappa shape index (κ2) is 8.27. The lowest BCUT2D eigenvalue weighted by Gasteiger charge is -2.15. The van der Waals surface area contributed by atoms with Crippen molar-refractivity contribution in [3.8, 4) is 11.1 Å². The quantitative estimate of drug-likeness (QED) is 0.539. The van der Waals surface area contributed by atoms with Gasteiger partial charge in [0.1, 0.15) is 5.69 Å². The Morgan fingerprint density at radius 2 is 1.89 bits per heavy atom. The maximum Gasteiger partial charge on any atom is 0.445 e. The average Bonchev–Trinajstić information content (AvgIpc) is 3.18. The summed E-state index contributed by atoms with van der Waals surface area (Å²) in [6.45, 7) is 1.94. The smallest absolute Gasteiger partial charge is 0.284 e. The van der Waals surface area contributed by atoms with Crippen LogP contribution in [0.4, 0.5) is 18.3 Å². The molecule has 10 heteroatoms. The van der Waals surface area contributed by atoms with Crippen LogP contribution in [0.1, 0.15) is 22.4 Å². The van der Waals surface area contributed by atoms with Gasteiger partial charge in [-0.2, -0.15) is 13.2 Å². The predicted molar refractivity (Wildman–Crippen MR) is 104 cm³/mol. The molecule has 2 heterocycles. The van der Waals surface area contributed by atoms with Crippen molar-refractivity contribution in [1.29, 1.82) is 0 Å². The monoisotopic (exact) mass is 424 g/mol. The highest BCUT2D eigenvalue weighted by Gasteiger charge is 2.36. The molecule has 0 bridgehead atoms. The van der Waals surface area contributed by atoms with Gasteiger partial charge in [-0.1, -0.05) is 48.6 Å². The van der Waals surface area contributed by atoms with Crippen LogP contribution in [0.2, 0.25) is 0 Å². The first-order valence-electron chi connectivity index (χ1n) is 8.18. The van der Waals surface area contributed by atoms with Crippen LogP contribution in [-0.4, -0.2) is 33.9 Å². The summed E-state index contributed by atoms with van der Waals surface area (Å²) in [6.07, 6.45) is -3.02. The van der Waals surface area contributed by atoms with Crippen molar-refractivity contribution in [1.82, 2.24) is 15.2 Å². The molecule has 0 fully saturated rings. The largest absolute Gasteiger partial charge is 0.445 e. The molecular weight excluding hydrogens is 409 g/mol. The molecule has 3 aromatic rings. The molecule has 146 valence electrons. The van der Waals surface area contributed by atoms with Crippen molar-refractivity contribution in [2.24, 2.45) is 0 Å². The first-order valence-corrected chi connectivity index (χ1v) is 9.98. The number of anilines is 1. The number of carbonyl (C=O) groups excluding carboxylic acids is 1. The highest BCUT2D eigenvalue weighted by molar-refractivity contribution is 7.99. The van der Waals surface area contributed by atoms with Gasteiger partial charge in [0.05, 0.1) is 0 Å². The summed E-state index contributed by atoms with van der Waals surface area (Å²) in [7, 11) is 1.36. The van der Waals surface area contributed by atoms with E-state index in [2.05, 4.69) is 15.2 Å². The number of carbonyl (C=O) groups is 1. The number of aromatic nitrogens is 3. The Kier molecular flexibility index (Phi) is 5.99. The number of halogens is 3. The second-order valence-corrected chi connectivity index (χ2v) is 7.88. The minimum atomic E-state index is -4.60. The molecule has 0 aliphatic heterocycles. The molecule has 0 aliphatic rings. The topological polar surface area (TPSA) is 59.0 Å². The fourth-order valence-corrected chi connectivity index (χ4v) is 3.84. The van der Waals surface area contributed by atoms with Gasteiger partial charge in [-0.3, -0.25) is 9.69 Å². The highest BCUT2D eigenvalue weighted by Crippen LogP contribution is 2.35. The zero-order chi connectivity index (χ0) is 20.3. The van der Waals surface area contributed by atoms with E-state index in [4.69, 9.17) is 0 Å². The van der Waals surface area contributed by atoms with Gasteiger partial charge in [0.15, 0.2) is 0 Å². The zero-order valence-corrected chi connectivity index (χ0v) is 16.5. The van der Waals surface area contributed by atoms with Crippen LogP contribution in [-0.2, 0) is 6.18 Å². The van der Waals surface area contributed by atoms with Crippen LogP contribution in [0.25, 0.3) is 11.1 Å². The molecule has 3 rings (SSSR count). The van der Waals surface area contributed by atoms with E-state index in [9.17, 15) is 18.0 Å². The van der Waals surface area contributed by atoms with Gasteiger partial charge in [0, 0.05) is 23.7 Å². The number of nitrogens with zero attached hydrogens (tertiary/aromatic N) is 4. The number of benzene rings is 1. The standard InChI is InChI=1S/C18H15F3N4OS2/c1-3-27-13-9-12(11-7-5-4-6-8-11)10-22-14(13)15(26)25(2)17-24-23-16(28-17)18(19,20)21/h4-10H,3H2,1-2H3. The lowest BCUT2D eigenvalue weighted by molar-refractivity contribution is -0.138. The van der Waals surface area contributed by atoms with E-state index in [0.29, 0.717) is 22.0 Å². The van der Waals surface area contributed by atoms with Gasteiger partial charge in [-0.15, -0.1) is 22.0 Å². The molecule has 0 N–H and O–H groups in total. The minimum absolute atomic E-state index is 0.140. The number of hydrogen-bond acceptors (Lipinski definition) is 6. The van der Waals surface area contributed by atoms with Crippen LogP contribution < -0.4 is 4.90 Å². The SMILES string of the molecule is CCSc1cc(-c2ccccc2)cnc1C(=O)N(C)c1nnc(C(F)(F)F)s1. The summed E-state index contributed by atoms with van der Waals surface area (Å²) in [5.74, 6) is 0.168. The molecule has 0 spiro atoms. The molecule has 0 saturated heterocycles. The average molecular weight is 424 g/mol. The first kappa shape index (κ1) is 20.3. The minimum Gasteiger partial charge on any atom is -0.284 e. The molecule has 0 radical (unpaired) electrons. The summed E-state index contributed by atoms with van der Waals surface area (Å²) in [5, 5.41) is 5.37. The third-order valence-corrected chi connectivity index (χ3v) is 5.67. The molecular formula is C18H15F3N4OS2. The molecule has 5 nitrogen and oxygen atoms in total. The van der Waals surface area contributed by atoms with Gasteiger partial charge in [-0.25, -0.2) is 4.98 Å². The Labute approximate surface area is 167 Å². The van der Waals surface area contributed by atoms with Gasteiger partial charge in [-0.05, 0) is 17.4 Å². The van der Waals surface area contributed by atoms with Gasteiger partial charge in [0.25, 0.3) is 5.91 Å². The number of alkyl halides is 3. The Morgan fingerprint density at radius 3 is 2.50 bits per heavy atom. The third-order valence-electron chi connectivity index (χ3n) is 3.71. The van der Waals surface area contributed by atoms with Crippen molar-refractivity contribution in [3.63, 3.8) is 0 Å². The maximum atomic E-state index is 12.9. The van der Waals surface area contributed by atoms with Gasteiger partial charge >= 0.3 is 6.18 Å². The van der Waals surface area contributed by atoms with E-state index in [1.54, 1.807) is 6.20 Å². The normalized spacial score (nSPS) is 11.5. The summed E-state index contributed by atoms with van der Waals surface area (Å²) >= 11 is 1.75. The number of hydrogen-bond donors (Lipinski definition) is 0. The lowest BCUT2D eigenvalue weighted by Crippen LogP contribution is -2.27. The molecule has 28 heavy (non-hydrogen) atoms.